The molecule has 23 heavy (non-hydrogen) atoms. The van der Waals surface area contributed by atoms with Crippen molar-refractivity contribution in [3.05, 3.63) is 35.5 Å². The molecule has 0 aliphatic carbocycles. The standard InChI is InChI=1S/C15H16ClN5O2/c1-2-23-13-10-11(16)4-5-12(13)18-15(22)19-14-6-9-21(20-14)8-3-7-17/h4-6,9-10H,2-3,8H2,1H3,(H2,18,19,20,22). The molecule has 0 saturated heterocycles. The molecule has 0 fully saturated rings. The first-order chi connectivity index (χ1) is 11.1. The lowest BCUT2D eigenvalue weighted by molar-refractivity contribution is 0.262. The predicted molar refractivity (Wildman–Crippen MR) is 87.7 cm³/mol. The molecule has 1 heterocycles. The number of nitrogens with zero attached hydrogens (tertiary/aromatic N) is 3. The van der Waals surface area contributed by atoms with Crippen molar-refractivity contribution >= 4 is 29.1 Å². The van der Waals surface area contributed by atoms with Gasteiger partial charge in [-0.1, -0.05) is 11.6 Å². The van der Waals surface area contributed by atoms with Crippen LogP contribution in [0.25, 0.3) is 0 Å². The van der Waals surface area contributed by atoms with Crippen molar-refractivity contribution in [1.29, 1.82) is 5.26 Å². The topological polar surface area (TPSA) is 92.0 Å². The maximum Gasteiger partial charge on any atom is 0.325 e. The zero-order chi connectivity index (χ0) is 16.7. The van der Waals surface area contributed by atoms with Gasteiger partial charge in [-0.15, -0.1) is 0 Å². The molecular formula is C15H16ClN5O2. The first-order valence-corrected chi connectivity index (χ1v) is 7.41. The Kier molecular flexibility index (Phi) is 5.83. The minimum absolute atomic E-state index is 0.357. The maximum atomic E-state index is 12.0. The van der Waals surface area contributed by atoms with E-state index in [4.69, 9.17) is 21.6 Å². The molecule has 2 amide bonds. The summed E-state index contributed by atoms with van der Waals surface area (Å²) in [5.74, 6) is 0.891. The third-order valence-electron chi connectivity index (χ3n) is 2.83. The molecule has 0 aliphatic heterocycles. The number of carbonyl (C=O) groups is 1. The number of hydrogen-bond donors (Lipinski definition) is 2. The summed E-state index contributed by atoms with van der Waals surface area (Å²) in [6, 6.07) is 8.21. The molecule has 2 rings (SSSR count). The maximum absolute atomic E-state index is 12.0. The van der Waals surface area contributed by atoms with Crippen LogP contribution in [0.3, 0.4) is 0 Å². The van der Waals surface area contributed by atoms with E-state index in [9.17, 15) is 4.79 Å². The summed E-state index contributed by atoms with van der Waals surface area (Å²) in [4.78, 5) is 12.0. The van der Waals surface area contributed by atoms with Crippen LogP contribution in [0.5, 0.6) is 5.75 Å². The Morgan fingerprint density at radius 2 is 2.26 bits per heavy atom. The predicted octanol–water partition coefficient (Wildman–Crippen LogP) is 3.49. The van der Waals surface area contributed by atoms with Gasteiger partial charge in [0.05, 0.1) is 31.3 Å². The Morgan fingerprint density at radius 1 is 1.43 bits per heavy atom. The molecule has 0 aliphatic rings. The number of rotatable bonds is 6. The van der Waals surface area contributed by atoms with Gasteiger partial charge < -0.3 is 10.1 Å². The van der Waals surface area contributed by atoms with Crippen LogP contribution < -0.4 is 15.4 Å². The first-order valence-electron chi connectivity index (χ1n) is 7.03. The van der Waals surface area contributed by atoms with Crippen molar-refractivity contribution < 1.29 is 9.53 Å². The minimum atomic E-state index is -0.446. The Bertz CT molecular complexity index is 723. The van der Waals surface area contributed by atoms with Gasteiger partial charge in [0, 0.05) is 23.4 Å². The van der Waals surface area contributed by atoms with Gasteiger partial charge in [-0.3, -0.25) is 10.00 Å². The van der Waals surface area contributed by atoms with E-state index in [1.165, 1.54) is 0 Å². The number of amides is 2. The van der Waals surface area contributed by atoms with Crippen LogP contribution in [0.4, 0.5) is 16.3 Å². The van der Waals surface area contributed by atoms with E-state index in [1.54, 1.807) is 35.1 Å². The van der Waals surface area contributed by atoms with E-state index in [2.05, 4.69) is 15.7 Å². The number of aryl methyl sites for hydroxylation is 1. The lowest BCUT2D eigenvalue weighted by atomic mass is 10.3. The number of nitriles is 1. The SMILES string of the molecule is CCOc1cc(Cl)ccc1NC(=O)Nc1ccn(CCC#N)n1. The van der Waals surface area contributed by atoms with E-state index in [0.29, 0.717) is 41.8 Å². The highest BCUT2D eigenvalue weighted by Crippen LogP contribution is 2.28. The van der Waals surface area contributed by atoms with E-state index >= 15 is 0 Å². The van der Waals surface area contributed by atoms with Crippen molar-refractivity contribution in [1.82, 2.24) is 9.78 Å². The van der Waals surface area contributed by atoms with Crippen LogP contribution in [-0.4, -0.2) is 22.4 Å². The second-order valence-electron chi connectivity index (χ2n) is 4.52. The Balaban J connectivity index is 1.99. The normalized spacial score (nSPS) is 9.96. The van der Waals surface area contributed by atoms with Crippen molar-refractivity contribution in [2.75, 3.05) is 17.2 Å². The third-order valence-corrected chi connectivity index (χ3v) is 3.06. The summed E-state index contributed by atoms with van der Waals surface area (Å²) in [6.45, 7) is 2.78. The molecule has 0 atom stereocenters. The van der Waals surface area contributed by atoms with E-state index in [-0.39, 0.29) is 0 Å². The molecule has 2 N–H and O–H groups in total. The average molecular weight is 334 g/mol. The van der Waals surface area contributed by atoms with E-state index in [0.717, 1.165) is 0 Å². The fourth-order valence-corrected chi connectivity index (χ4v) is 2.02. The van der Waals surface area contributed by atoms with Crippen LogP contribution >= 0.6 is 11.6 Å². The van der Waals surface area contributed by atoms with Gasteiger partial charge >= 0.3 is 6.03 Å². The Hall–Kier alpha value is -2.72. The molecule has 0 bridgehead atoms. The van der Waals surface area contributed by atoms with Gasteiger partial charge in [-0.05, 0) is 19.1 Å². The summed E-state index contributed by atoms with van der Waals surface area (Å²) < 4.78 is 7.03. The molecule has 120 valence electrons. The molecule has 1 aromatic heterocycles. The molecule has 2 aromatic rings. The van der Waals surface area contributed by atoms with E-state index < -0.39 is 6.03 Å². The summed E-state index contributed by atoms with van der Waals surface area (Å²) in [6.07, 6.45) is 2.05. The number of aromatic nitrogens is 2. The monoisotopic (exact) mass is 333 g/mol. The van der Waals surface area contributed by atoms with Gasteiger partial charge in [0.25, 0.3) is 0 Å². The number of benzene rings is 1. The fraction of sp³-hybridized carbons (Fsp3) is 0.267. The van der Waals surface area contributed by atoms with Crippen LogP contribution in [0.15, 0.2) is 30.5 Å². The summed E-state index contributed by atoms with van der Waals surface area (Å²) in [5, 5.41) is 18.5. The molecule has 8 heteroatoms. The van der Waals surface area contributed by atoms with Crippen molar-refractivity contribution in [2.45, 2.75) is 19.9 Å². The van der Waals surface area contributed by atoms with E-state index in [1.807, 2.05) is 13.0 Å². The number of nitrogens with one attached hydrogen (secondary N) is 2. The number of ether oxygens (including phenoxy) is 1. The fourth-order valence-electron chi connectivity index (χ4n) is 1.86. The average Bonchev–Trinajstić information content (AvgIpc) is 2.95. The second kappa shape index (κ2) is 8.06. The highest BCUT2D eigenvalue weighted by Gasteiger charge is 2.10. The van der Waals surface area contributed by atoms with Crippen molar-refractivity contribution in [3.8, 4) is 11.8 Å². The largest absolute Gasteiger partial charge is 0.492 e. The number of hydrogen-bond acceptors (Lipinski definition) is 4. The Morgan fingerprint density at radius 3 is 3.00 bits per heavy atom. The first kappa shape index (κ1) is 16.6. The van der Waals surface area contributed by atoms with Crippen LogP contribution in [0.2, 0.25) is 5.02 Å². The quantitative estimate of drug-likeness (QED) is 0.846. The summed E-state index contributed by atoms with van der Waals surface area (Å²) in [5.41, 5.74) is 0.512. The lowest BCUT2D eigenvalue weighted by Gasteiger charge is -2.12. The molecule has 0 spiro atoms. The molecule has 1 aromatic carbocycles. The van der Waals surface area contributed by atoms with Gasteiger partial charge in [-0.2, -0.15) is 10.4 Å². The highest BCUT2D eigenvalue weighted by molar-refractivity contribution is 6.30. The second-order valence-corrected chi connectivity index (χ2v) is 4.96. The number of carbonyl (C=O) groups excluding carboxylic acids is 1. The molecule has 0 saturated carbocycles. The molecular weight excluding hydrogens is 318 g/mol. The lowest BCUT2D eigenvalue weighted by Crippen LogP contribution is -2.20. The zero-order valence-electron chi connectivity index (χ0n) is 12.5. The van der Waals surface area contributed by atoms with Crippen LogP contribution in [-0.2, 0) is 6.54 Å². The number of anilines is 2. The third kappa shape index (κ3) is 4.90. The Labute approximate surface area is 138 Å². The summed E-state index contributed by atoms with van der Waals surface area (Å²) in [7, 11) is 0. The highest BCUT2D eigenvalue weighted by atomic mass is 35.5. The van der Waals surface area contributed by atoms with Gasteiger partial charge in [0.2, 0.25) is 0 Å². The molecule has 0 unspecified atom stereocenters. The van der Waals surface area contributed by atoms with Crippen LogP contribution in [0, 0.1) is 11.3 Å². The number of urea groups is 1. The van der Waals surface area contributed by atoms with Crippen molar-refractivity contribution in [2.24, 2.45) is 0 Å². The summed E-state index contributed by atoms with van der Waals surface area (Å²) >= 11 is 5.92. The smallest absolute Gasteiger partial charge is 0.325 e. The van der Waals surface area contributed by atoms with Gasteiger partial charge in [-0.25, -0.2) is 4.79 Å². The van der Waals surface area contributed by atoms with Gasteiger partial charge in [0.15, 0.2) is 5.82 Å². The number of halogens is 1. The molecule has 0 radical (unpaired) electrons. The van der Waals surface area contributed by atoms with Crippen molar-refractivity contribution in [3.63, 3.8) is 0 Å². The molecule has 7 nitrogen and oxygen atoms in total. The van der Waals surface area contributed by atoms with Gasteiger partial charge in [0.1, 0.15) is 5.75 Å². The zero-order valence-corrected chi connectivity index (χ0v) is 13.3. The van der Waals surface area contributed by atoms with Crippen LogP contribution in [0.1, 0.15) is 13.3 Å². The minimum Gasteiger partial charge on any atom is -0.492 e.